The number of hydrogen-bond acceptors (Lipinski definition) is 4. The molecule has 0 spiro atoms. The van der Waals surface area contributed by atoms with Gasteiger partial charge in [0.2, 0.25) is 0 Å². The molecule has 2 aromatic carbocycles. The number of nitrogens with one attached hydrogen (secondary N) is 1. The van der Waals surface area contributed by atoms with Crippen LogP contribution in [0, 0.1) is 5.82 Å². The highest BCUT2D eigenvalue weighted by atomic mass is 35.5. The third kappa shape index (κ3) is 4.06. The number of nitrogens with zero attached hydrogens (tertiary/aromatic N) is 1. The van der Waals surface area contributed by atoms with Gasteiger partial charge in [-0.15, -0.1) is 0 Å². The van der Waals surface area contributed by atoms with E-state index in [-0.39, 0.29) is 27.7 Å². The molecule has 11 heteroatoms. The van der Waals surface area contributed by atoms with E-state index in [2.05, 4.69) is 5.16 Å². The quantitative estimate of drug-likeness (QED) is 0.599. The Morgan fingerprint density at radius 2 is 1.70 bits per heavy atom. The number of rotatable bonds is 4. The summed E-state index contributed by atoms with van der Waals surface area (Å²) in [5.74, 6) is -0.258. The van der Waals surface area contributed by atoms with E-state index in [1.165, 1.54) is 47.2 Å². The molecule has 0 bridgehead atoms. The molecule has 0 radical (unpaired) electrons. The molecule has 1 heterocycles. The summed E-state index contributed by atoms with van der Waals surface area (Å²) in [4.78, 5) is 0. The lowest BCUT2D eigenvalue weighted by molar-refractivity contribution is -0.0429. The molecule has 0 saturated carbocycles. The number of alkyl halides is 3. The minimum Gasteiger partial charge on any atom is -0.356 e. The van der Waals surface area contributed by atoms with Gasteiger partial charge in [0, 0.05) is 22.2 Å². The molecule has 0 atom stereocenters. The van der Waals surface area contributed by atoms with Gasteiger partial charge < -0.3 is 4.52 Å². The van der Waals surface area contributed by atoms with Gasteiger partial charge in [-0.05, 0) is 42.5 Å². The maximum atomic E-state index is 13.0. The zero-order valence-electron chi connectivity index (χ0n) is 13.1. The molecule has 3 aromatic rings. The van der Waals surface area contributed by atoms with Crippen molar-refractivity contribution >= 4 is 27.3 Å². The first-order valence-corrected chi connectivity index (χ1v) is 9.04. The van der Waals surface area contributed by atoms with Crippen LogP contribution < -0.4 is 4.72 Å². The van der Waals surface area contributed by atoms with Crippen LogP contribution in [0.2, 0.25) is 5.02 Å². The fourth-order valence-electron chi connectivity index (χ4n) is 2.17. The molecule has 0 saturated heterocycles. The van der Waals surface area contributed by atoms with Crippen LogP contribution in [0.1, 0.15) is 0 Å². The molecule has 1 N–H and O–H groups in total. The molecule has 0 unspecified atom stereocenters. The molecule has 0 amide bonds. The van der Waals surface area contributed by atoms with E-state index in [9.17, 15) is 26.0 Å². The van der Waals surface area contributed by atoms with Crippen molar-refractivity contribution in [1.82, 2.24) is 5.16 Å². The van der Waals surface area contributed by atoms with Crippen LogP contribution >= 0.6 is 11.6 Å². The van der Waals surface area contributed by atoms with Crippen molar-refractivity contribution in [1.29, 1.82) is 0 Å². The Balaban J connectivity index is 2.02. The molecule has 27 heavy (non-hydrogen) atoms. The maximum Gasteiger partial charge on any atom is 0.516 e. The van der Waals surface area contributed by atoms with E-state index in [1.807, 2.05) is 0 Å². The summed E-state index contributed by atoms with van der Waals surface area (Å²) in [6.07, 6.45) is 0. The monoisotopic (exact) mass is 420 g/mol. The van der Waals surface area contributed by atoms with Gasteiger partial charge in [-0.2, -0.15) is 21.6 Å². The second-order valence-electron chi connectivity index (χ2n) is 5.32. The van der Waals surface area contributed by atoms with E-state index in [4.69, 9.17) is 16.1 Å². The van der Waals surface area contributed by atoms with Crippen LogP contribution in [0.3, 0.4) is 0 Å². The van der Waals surface area contributed by atoms with E-state index >= 15 is 0 Å². The normalized spacial score (nSPS) is 12.2. The average molecular weight is 421 g/mol. The first kappa shape index (κ1) is 19.2. The van der Waals surface area contributed by atoms with Crippen LogP contribution in [-0.4, -0.2) is 19.1 Å². The molecule has 1 aromatic heterocycles. The zero-order chi connectivity index (χ0) is 19.8. The average Bonchev–Trinajstić information content (AvgIpc) is 3.06. The topological polar surface area (TPSA) is 72.2 Å². The summed E-state index contributed by atoms with van der Waals surface area (Å²) in [7, 11) is -5.64. The highest BCUT2D eigenvalue weighted by Gasteiger charge is 2.46. The molecule has 0 aliphatic carbocycles. The van der Waals surface area contributed by atoms with Crippen LogP contribution in [0.4, 0.5) is 23.2 Å². The van der Waals surface area contributed by atoms with Crippen LogP contribution in [0.5, 0.6) is 0 Å². The van der Waals surface area contributed by atoms with Crippen molar-refractivity contribution in [2.45, 2.75) is 5.51 Å². The lowest BCUT2D eigenvalue weighted by Crippen LogP contribution is -2.30. The third-order valence-corrected chi connectivity index (χ3v) is 4.78. The van der Waals surface area contributed by atoms with Crippen molar-refractivity contribution in [2.75, 3.05) is 4.72 Å². The number of halogens is 5. The number of benzene rings is 2. The standard InChI is InChI=1S/C16H9ClF4N2O3S/c17-10-3-6-13(23-27(24,25)16(19,20)21)12(7-10)14-8-15(26-22-14)9-1-4-11(18)5-2-9/h1-8,23H. The summed E-state index contributed by atoms with van der Waals surface area (Å²) < 4.78 is 80.3. The summed E-state index contributed by atoms with van der Waals surface area (Å²) in [5, 5.41) is 3.88. The van der Waals surface area contributed by atoms with Gasteiger partial charge in [-0.25, -0.2) is 4.39 Å². The summed E-state index contributed by atoms with van der Waals surface area (Å²) in [5.41, 5.74) is -5.39. The lowest BCUT2D eigenvalue weighted by atomic mass is 10.1. The first-order valence-electron chi connectivity index (χ1n) is 7.18. The Hall–Kier alpha value is -2.59. The van der Waals surface area contributed by atoms with Crippen molar-refractivity contribution in [3.8, 4) is 22.6 Å². The molecule has 0 aliphatic heterocycles. The highest BCUT2D eigenvalue weighted by Crippen LogP contribution is 2.35. The second kappa shape index (κ2) is 6.86. The SMILES string of the molecule is O=S(=O)(Nc1ccc(Cl)cc1-c1cc(-c2ccc(F)cc2)on1)C(F)(F)F. The highest BCUT2D eigenvalue weighted by molar-refractivity contribution is 7.93. The van der Waals surface area contributed by atoms with Gasteiger partial charge >= 0.3 is 15.5 Å². The van der Waals surface area contributed by atoms with Gasteiger partial charge in [-0.1, -0.05) is 16.8 Å². The van der Waals surface area contributed by atoms with Gasteiger partial charge in [0.25, 0.3) is 0 Å². The van der Waals surface area contributed by atoms with Crippen LogP contribution in [0.25, 0.3) is 22.6 Å². The minimum absolute atomic E-state index is 0.0209. The van der Waals surface area contributed by atoms with E-state index in [0.717, 1.165) is 6.07 Å². The maximum absolute atomic E-state index is 13.0. The molecular formula is C16H9ClF4N2O3S. The Bertz CT molecular complexity index is 1080. The summed E-state index contributed by atoms with van der Waals surface area (Å²) in [6.45, 7) is 0. The largest absolute Gasteiger partial charge is 0.516 e. The van der Waals surface area contributed by atoms with Crippen molar-refractivity contribution in [3.63, 3.8) is 0 Å². The fourth-order valence-corrected chi connectivity index (χ4v) is 2.93. The van der Waals surface area contributed by atoms with Crippen molar-refractivity contribution in [2.24, 2.45) is 0 Å². The van der Waals surface area contributed by atoms with E-state index in [1.54, 1.807) is 0 Å². The predicted octanol–water partition coefficient (Wildman–Crippen LogP) is 5.06. The van der Waals surface area contributed by atoms with Crippen LogP contribution in [0.15, 0.2) is 53.1 Å². The number of hydrogen-bond donors (Lipinski definition) is 1. The van der Waals surface area contributed by atoms with Gasteiger partial charge in [0.1, 0.15) is 11.5 Å². The Morgan fingerprint density at radius 3 is 2.33 bits per heavy atom. The molecule has 3 rings (SSSR count). The fraction of sp³-hybridized carbons (Fsp3) is 0.0625. The zero-order valence-corrected chi connectivity index (χ0v) is 14.7. The van der Waals surface area contributed by atoms with E-state index in [0.29, 0.717) is 5.56 Å². The van der Waals surface area contributed by atoms with E-state index < -0.39 is 21.3 Å². The lowest BCUT2D eigenvalue weighted by Gasteiger charge is -2.13. The molecule has 5 nitrogen and oxygen atoms in total. The molecule has 0 aliphatic rings. The third-order valence-electron chi connectivity index (χ3n) is 3.45. The smallest absolute Gasteiger partial charge is 0.356 e. The molecular weight excluding hydrogens is 412 g/mol. The van der Waals surface area contributed by atoms with Gasteiger partial charge in [0.05, 0.1) is 5.69 Å². The Morgan fingerprint density at radius 1 is 1.04 bits per heavy atom. The summed E-state index contributed by atoms with van der Waals surface area (Å²) in [6, 6.07) is 10.1. The molecule has 0 fully saturated rings. The first-order chi connectivity index (χ1) is 12.6. The Kier molecular flexibility index (Phi) is 4.87. The second-order valence-corrected chi connectivity index (χ2v) is 7.43. The van der Waals surface area contributed by atoms with Gasteiger partial charge in [0.15, 0.2) is 5.76 Å². The van der Waals surface area contributed by atoms with Crippen LogP contribution in [-0.2, 0) is 10.0 Å². The summed E-state index contributed by atoms with van der Waals surface area (Å²) >= 11 is 5.87. The number of sulfonamides is 1. The van der Waals surface area contributed by atoms with Crippen molar-refractivity contribution in [3.05, 3.63) is 59.4 Å². The minimum atomic E-state index is -5.64. The Labute approximate surface area is 155 Å². The number of aromatic nitrogens is 1. The predicted molar refractivity (Wildman–Crippen MR) is 90.9 cm³/mol. The van der Waals surface area contributed by atoms with Gasteiger partial charge in [-0.3, -0.25) is 4.72 Å². The molecule has 142 valence electrons. The number of anilines is 1. The van der Waals surface area contributed by atoms with Crippen molar-refractivity contribution < 1.29 is 30.5 Å².